The van der Waals surface area contributed by atoms with Crippen molar-refractivity contribution in [2.24, 2.45) is 5.92 Å². The summed E-state index contributed by atoms with van der Waals surface area (Å²) in [6.45, 7) is 9.37. The maximum atomic E-state index is 5.17. The highest BCUT2D eigenvalue weighted by molar-refractivity contribution is 9.10. The van der Waals surface area contributed by atoms with Crippen molar-refractivity contribution in [3.05, 3.63) is 28.7 Å². The van der Waals surface area contributed by atoms with Crippen LogP contribution in [-0.4, -0.2) is 44.8 Å². The Morgan fingerprint density at radius 3 is 2.63 bits per heavy atom. The Morgan fingerprint density at radius 1 is 1.26 bits per heavy atom. The van der Waals surface area contributed by atoms with Crippen molar-refractivity contribution in [2.75, 3.05) is 45.2 Å². The van der Waals surface area contributed by atoms with E-state index < -0.39 is 0 Å². The molecule has 0 atom stereocenters. The van der Waals surface area contributed by atoms with Crippen molar-refractivity contribution >= 4 is 21.6 Å². The van der Waals surface area contributed by atoms with Crippen molar-refractivity contribution in [3.63, 3.8) is 0 Å². The van der Waals surface area contributed by atoms with Crippen LogP contribution in [0.25, 0.3) is 0 Å². The summed E-state index contributed by atoms with van der Waals surface area (Å²) in [6, 6.07) is 8.22. The average Bonchev–Trinajstić information content (AvgIpc) is 2.37. The van der Waals surface area contributed by atoms with Gasteiger partial charge in [-0.05, 0) is 34.0 Å². The molecule has 0 aliphatic heterocycles. The van der Waals surface area contributed by atoms with E-state index in [4.69, 9.17) is 4.74 Å². The fraction of sp³-hybridized carbons (Fsp3) is 0.600. The highest BCUT2D eigenvalue weighted by atomic mass is 79.9. The molecule has 0 bridgehead atoms. The third-order valence-electron chi connectivity index (χ3n) is 2.85. The van der Waals surface area contributed by atoms with Gasteiger partial charge in [0, 0.05) is 43.4 Å². The van der Waals surface area contributed by atoms with Gasteiger partial charge in [0.05, 0.1) is 6.61 Å². The largest absolute Gasteiger partial charge is 0.383 e. The first kappa shape index (κ1) is 16.5. The van der Waals surface area contributed by atoms with E-state index in [9.17, 15) is 0 Å². The van der Waals surface area contributed by atoms with E-state index in [1.807, 2.05) is 12.1 Å². The smallest absolute Gasteiger partial charge is 0.0589 e. The second kappa shape index (κ2) is 9.34. The van der Waals surface area contributed by atoms with Gasteiger partial charge >= 0.3 is 0 Å². The predicted molar refractivity (Wildman–Crippen MR) is 85.8 cm³/mol. The van der Waals surface area contributed by atoms with Crippen LogP contribution in [0.5, 0.6) is 0 Å². The molecule has 3 nitrogen and oxygen atoms in total. The minimum atomic E-state index is 0.681. The zero-order chi connectivity index (χ0) is 14.1. The summed E-state index contributed by atoms with van der Waals surface area (Å²) in [7, 11) is 1.76. The van der Waals surface area contributed by atoms with Gasteiger partial charge in [0.25, 0.3) is 0 Å². The molecule has 0 radical (unpaired) electrons. The summed E-state index contributed by atoms with van der Waals surface area (Å²) >= 11 is 3.55. The fourth-order valence-corrected chi connectivity index (χ4v) is 2.41. The molecule has 1 aromatic rings. The minimum Gasteiger partial charge on any atom is -0.383 e. The van der Waals surface area contributed by atoms with Crippen molar-refractivity contribution in [3.8, 4) is 0 Å². The first-order valence-corrected chi connectivity index (χ1v) is 7.62. The van der Waals surface area contributed by atoms with Gasteiger partial charge in [-0.2, -0.15) is 0 Å². The zero-order valence-corrected chi connectivity index (χ0v) is 13.7. The molecule has 4 heteroatoms. The maximum Gasteiger partial charge on any atom is 0.0589 e. The number of halogens is 1. The van der Waals surface area contributed by atoms with Crippen molar-refractivity contribution in [1.82, 2.24) is 4.90 Å². The van der Waals surface area contributed by atoms with Gasteiger partial charge < -0.3 is 10.1 Å². The molecule has 19 heavy (non-hydrogen) atoms. The number of ether oxygens (including phenoxy) is 1. The molecule has 1 aromatic carbocycles. The van der Waals surface area contributed by atoms with Crippen LogP contribution in [0.4, 0.5) is 5.69 Å². The normalized spacial score (nSPS) is 11.3. The molecule has 1 rings (SSSR count). The Morgan fingerprint density at radius 2 is 2.00 bits per heavy atom. The SMILES string of the molecule is COCCN(CCNc1ccccc1Br)CC(C)C. The van der Waals surface area contributed by atoms with Crippen molar-refractivity contribution < 1.29 is 4.74 Å². The van der Waals surface area contributed by atoms with Crippen molar-refractivity contribution in [2.45, 2.75) is 13.8 Å². The van der Waals surface area contributed by atoms with Crippen LogP contribution in [0.3, 0.4) is 0 Å². The molecule has 0 saturated carbocycles. The Bertz CT molecular complexity index is 358. The van der Waals surface area contributed by atoms with Gasteiger partial charge in [0.1, 0.15) is 0 Å². The number of anilines is 1. The molecule has 1 N–H and O–H groups in total. The van der Waals surface area contributed by atoms with Crippen LogP contribution in [0.15, 0.2) is 28.7 Å². The molecule has 0 spiro atoms. The molecular formula is C15H25BrN2O. The minimum absolute atomic E-state index is 0.681. The molecule has 0 fully saturated rings. The van der Waals surface area contributed by atoms with Crippen LogP contribution >= 0.6 is 15.9 Å². The van der Waals surface area contributed by atoms with Crippen LogP contribution in [0.1, 0.15) is 13.8 Å². The summed E-state index contributed by atoms with van der Waals surface area (Å²) in [4.78, 5) is 2.44. The number of methoxy groups -OCH3 is 1. The van der Waals surface area contributed by atoms with E-state index in [1.54, 1.807) is 7.11 Å². The highest BCUT2D eigenvalue weighted by Gasteiger charge is 2.07. The summed E-state index contributed by atoms with van der Waals surface area (Å²) in [5, 5.41) is 3.46. The third kappa shape index (κ3) is 6.95. The predicted octanol–water partition coefficient (Wildman–Crippen LogP) is 3.47. The quantitative estimate of drug-likeness (QED) is 0.751. The standard InChI is InChI=1S/C15H25BrN2O/c1-13(2)12-18(10-11-19-3)9-8-17-15-7-5-4-6-14(15)16/h4-7,13,17H,8-12H2,1-3H3. The number of rotatable bonds is 9. The van der Waals surface area contributed by atoms with E-state index in [1.165, 1.54) is 0 Å². The second-order valence-corrected chi connectivity index (χ2v) is 5.95. The number of hydrogen-bond donors (Lipinski definition) is 1. The zero-order valence-electron chi connectivity index (χ0n) is 12.2. The molecular weight excluding hydrogens is 304 g/mol. The van der Waals surface area contributed by atoms with Crippen LogP contribution in [-0.2, 0) is 4.74 Å². The number of nitrogens with zero attached hydrogens (tertiary/aromatic N) is 1. The Kier molecular flexibility index (Phi) is 8.10. The summed E-state index contributed by atoms with van der Waals surface area (Å²) < 4.78 is 6.28. The number of nitrogens with one attached hydrogen (secondary N) is 1. The summed E-state index contributed by atoms with van der Waals surface area (Å²) in [5.74, 6) is 0.681. The Labute approximate surface area is 125 Å². The topological polar surface area (TPSA) is 24.5 Å². The van der Waals surface area contributed by atoms with E-state index in [-0.39, 0.29) is 0 Å². The first-order chi connectivity index (χ1) is 9.13. The molecule has 0 amide bonds. The lowest BCUT2D eigenvalue weighted by molar-refractivity contribution is 0.143. The monoisotopic (exact) mass is 328 g/mol. The Balaban J connectivity index is 2.36. The van der Waals surface area contributed by atoms with E-state index in [2.05, 4.69) is 52.1 Å². The van der Waals surface area contributed by atoms with Gasteiger partial charge in [0.15, 0.2) is 0 Å². The number of benzene rings is 1. The fourth-order valence-electron chi connectivity index (χ4n) is 1.98. The lowest BCUT2D eigenvalue weighted by Crippen LogP contribution is -2.35. The van der Waals surface area contributed by atoms with Crippen LogP contribution in [0, 0.1) is 5.92 Å². The van der Waals surface area contributed by atoms with E-state index >= 15 is 0 Å². The Hall–Kier alpha value is -0.580. The van der Waals surface area contributed by atoms with E-state index in [0.717, 1.165) is 42.9 Å². The van der Waals surface area contributed by atoms with Crippen molar-refractivity contribution in [1.29, 1.82) is 0 Å². The second-order valence-electron chi connectivity index (χ2n) is 5.09. The maximum absolute atomic E-state index is 5.17. The molecule has 0 aliphatic rings. The van der Waals surface area contributed by atoms with Gasteiger partial charge in [-0.1, -0.05) is 26.0 Å². The molecule has 0 aromatic heterocycles. The van der Waals surface area contributed by atoms with Gasteiger partial charge in [0.2, 0.25) is 0 Å². The lowest BCUT2D eigenvalue weighted by Gasteiger charge is -2.24. The lowest BCUT2D eigenvalue weighted by atomic mass is 10.2. The third-order valence-corrected chi connectivity index (χ3v) is 3.54. The molecule has 108 valence electrons. The number of hydrogen-bond acceptors (Lipinski definition) is 3. The van der Waals surface area contributed by atoms with Crippen LogP contribution < -0.4 is 5.32 Å². The van der Waals surface area contributed by atoms with E-state index in [0.29, 0.717) is 5.92 Å². The summed E-state index contributed by atoms with van der Waals surface area (Å²) in [5.41, 5.74) is 1.15. The number of para-hydroxylation sites is 1. The summed E-state index contributed by atoms with van der Waals surface area (Å²) in [6.07, 6.45) is 0. The molecule has 0 aliphatic carbocycles. The molecule has 0 unspecified atom stereocenters. The highest BCUT2D eigenvalue weighted by Crippen LogP contribution is 2.20. The molecule has 0 saturated heterocycles. The van der Waals surface area contributed by atoms with Gasteiger partial charge in [-0.15, -0.1) is 0 Å². The van der Waals surface area contributed by atoms with Gasteiger partial charge in [-0.3, -0.25) is 4.90 Å². The average molecular weight is 329 g/mol. The molecule has 0 heterocycles. The first-order valence-electron chi connectivity index (χ1n) is 6.83. The van der Waals surface area contributed by atoms with Gasteiger partial charge in [-0.25, -0.2) is 0 Å². The van der Waals surface area contributed by atoms with Crippen LogP contribution in [0.2, 0.25) is 0 Å².